The third kappa shape index (κ3) is 3.42. The van der Waals surface area contributed by atoms with Crippen LogP contribution in [0.3, 0.4) is 0 Å². The number of carbonyl (C=O) groups is 1. The van der Waals surface area contributed by atoms with Crippen molar-refractivity contribution >= 4 is 5.91 Å². The summed E-state index contributed by atoms with van der Waals surface area (Å²) in [4.78, 5) is 11.9. The van der Waals surface area contributed by atoms with E-state index in [4.69, 9.17) is 5.73 Å². The van der Waals surface area contributed by atoms with E-state index in [2.05, 4.69) is 5.32 Å². The van der Waals surface area contributed by atoms with Gasteiger partial charge in [-0.15, -0.1) is 0 Å². The first-order valence-electron chi connectivity index (χ1n) is 6.85. The Morgan fingerprint density at radius 2 is 1.88 bits per heavy atom. The standard InChI is InChI=1S/C13H24N2O2/c14-13(7-3-4-8-13)9-12(17)15-10-5-1-2-6-11(10)16/h10-11,16H,1-9,14H2,(H,15,17)/t10-,11-/m0/s1. The van der Waals surface area contributed by atoms with Gasteiger partial charge in [0.25, 0.3) is 0 Å². The summed E-state index contributed by atoms with van der Waals surface area (Å²) in [5, 5.41) is 12.7. The van der Waals surface area contributed by atoms with Gasteiger partial charge in [0.2, 0.25) is 5.91 Å². The van der Waals surface area contributed by atoms with Gasteiger partial charge in [0.05, 0.1) is 12.1 Å². The SMILES string of the molecule is NC1(CC(=O)N[C@H]2CCCC[C@@H]2O)CCCC1. The maximum Gasteiger partial charge on any atom is 0.222 e. The lowest BCUT2D eigenvalue weighted by atomic mass is 9.91. The first-order chi connectivity index (χ1) is 8.09. The molecule has 0 aromatic heterocycles. The molecule has 0 heterocycles. The fourth-order valence-electron chi connectivity index (χ4n) is 3.11. The molecule has 4 N–H and O–H groups in total. The Labute approximate surface area is 103 Å². The van der Waals surface area contributed by atoms with Gasteiger partial charge in [-0.2, -0.15) is 0 Å². The van der Waals surface area contributed by atoms with Crippen molar-refractivity contribution in [1.29, 1.82) is 0 Å². The highest BCUT2D eigenvalue weighted by Gasteiger charge is 2.33. The molecule has 2 saturated carbocycles. The number of hydrogen-bond donors (Lipinski definition) is 3. The number of aliphatic hydroxyl groups is 1. The average Bonchev–Trinajstić information content (AvgIpc) is 2.68. The maximum atomic E-state index is 11.9. The van der Waals surface area contributed by atoms with Crippen LogP contribution in [0.4, 0.5) is 0 Å². The van der Waals surface area contributed by atoms with Crippen LogP contribution < -0.4 is 11.1 Å². The van der Waals surface area contributed by atoms with Gasteiger partial charge in [-0.3, -0.25) is 4.79 Å². The minimum Gasteiger partial charge on any atom is -0.391 e. The number of amides is 1. The Morgan fingerprint density at radius 3 is 2.53 bits per heavy atom. The molecule has 1 amide bonds. The molecule has 0 unspecified atom stereocenters. The third-order valence-electron chi connectivity index (χ3n) is 4.19. The van der Waals surface area contributed by atoms with Crippen molar-refractivity contribution in [3.05, 3.63) is 0 Å². The van der Waals surface area contributed by atoms with Crippen LogP contribution in [-0.2, 0) is 4.79 Å². The Balaban J connectivity index is 1.80. The minimum absolute atomic E-state index is 0.0142. The molecule has 98 valence electrons. The molecule has 0 spiro atoms. The molecule has 2 aliphatic rings. The molecule has 17 heavy (non-hydrogen) atoms. The normalized spacial score (nSPS) is 32.4. The monoisotopic (exact) mass is 240 g/mol. The lowest BCUT2D eigenvalue weighted by Crippen LogP contribution is -2.49. The van der Waals surface area contributed by atoms with Crippen molar-refractivity contribution in [3.63, 3.8) is 0 Å². The summed E-state index contributed by atoms with van der Waals surface area (Å²) < 4.78 is 0. The van der Waals surface area contributed by atoms with Gasteiger partial charge in [-0.05, 0) is 25.7 Å². The summed E-state index contributed by atoms with van der Waals surface area (Å²) in [7, 11) is 0. The Bertz CT molecular complexity index is 275. The van der Waals surface area contributed by atoms with Gasteiger partial charge in [0, 0.05) is 12.0 Å². The second-order valence-electron chi connectivity index (χ2n) is 5.77. The van der Waals surface area contributed by atoms with Crippen LogP contribution in [0.1, 0.15) is 57.8 Å². The van der Waals surface area contributed by atoms with Crippen LogP contribution in [0.5, 0.6) is 0 Å². The van der Waals surface area contributed by atoms with Crippen molar-refractivity contribution in [3.8, 4) is 0 Å². The highest BCUT2D eigenvalue weighted by molar-refractivity contribution is 5.77. The average molecular weight is 240 g/mol. The zero-order valence-corrected chi connectivity index (χ0v) is 10.5. The van der Waals surface area contributed by atoms with Crippen LogP contribution >= 0.6 is 0 Å². The molecule has 0 bridgehead atoms. The van der Waals surface area contributed by atoms with Gasteiger partial charge >= 0.3 is 0 Å². The summed E-state index contributed by atoms with van der Waals surface area (Å²) in [6, 6.07) is -0.0544. The van der Waals surface area contributed by atoms with E-state index in [1.165, 1.54) is 0 Å². The van der Waals surface area contributed by atoms with E-state index in [9.17, 15) is 9.90 Å². The molecule has 2 rings (SSSR count). The third-order valence-corrected chi connectivity index (χ3v) is 4.19. The summed E-state index contributed by atoms with van der Waals surface area (Å²) in [6.07, 6.45) is 8.07. The molecule has 0 aliphatic heterocycles. The Hall–Kier alpha value is -0.610. The number of carbonyl (C=O) groups excluding carboxylic acids is 1. The number of hydrogen-bond acceptors (Lipinski definition) is 3. The highest BCUT2D eigenvalue weighted by atomic mass is 16.3. The van der Waals surface area contributed by atoms with Crippen molar-refractivity contribution in [2.24, 2.45) is 5.73 Å². The van der Waals surface area contributed by atoms with E-state index in [-0.39, 0.29) is 23.6 Å². The fraction of sp³-hybridized carbons (Fsp3) is 0.923. The van der Waals surface area contributed by atoms with E-state index in [1.807, 2.05) is 0 Å². The number of nitrogens with one attached hydrogen (secondary N) is 1. The van der Waals surface area contributed by atoms with Crippen LogP contribution in [0.15, 0.2) is 0 Å². The van der Waals surface area contributed by atoms with Crippen molar-refractivity contribution in [2.45, 2.75) is 75.5 Å². The Morgan fingerprint density at radius 1 is 1.24 bits per heavy atom. The first kappa shape index (κ1) is 12.8. The molecular weight excluding hydrogens is 216 g/mol. The Kier molecular flexibility index (Phi) is 4.05. The number of rotatable bonds is 3. The van der Waals surface area contributed by atoms with Crippen LogP contribution in [0, 0.1) is 0 Å². The molecular formula is C13H24N2O2. The van der Waals surface area contributed by atoms with Crippen molar-refractivity contribution < 1.29 is 9.90 Å². The predicted octanol–water partition coefficient (Wildman–Crippen LogP) is 1.07. The van der Waals surface area contributed by atoms with Crippen LogP contribution in [0.2, 0.25) is 0 Å². The molecule has 4 heteroatoms. The number of nitrogens with two attached hydrogens (primary N) is 1. The predicted molar refractivity (Wildman–Crippen MR) is 66.4 cm³/mol. The molecule has 0 aromatic rings. The van der Waals surface area contributed by atoms with E-state index < -0.39 is 0 Å². The molecule has 2 fully saturated rings. The van der Waals surface area contributed by atoms with E-state index >= 15 is 0 Å². The number of aliphatic hydroxyl groups excluding tert-OH is 1. The molecule has 0 radical (unpaired) electrons. The zero-order chi connectivity index (χ0) is 12.3. The highest BCUT2D eigenvalue weighted by Crippen LogP contribution is 2.30. The van der Waals surface area contributed by atoms with E-state index in [0.717, 1.165) is 51.4 Å². The topological polar surface area (TPSA) is 75.4 Å². The van der Waals surface area contributed by atoms with Crippen molar-refractivity contribution in [2.75, 3.05) is 0 Å². The quantitative estimate of drug-likeness (QED) is 0.690. The van der Waals surface area contributed by atoms with Gasteiger partial charge in [0.1, 0.15) is 0 Å². The van der Waals surface area contributed by atoms with Gasteiger partial charge in [-0.25, -0.2) is 0 Å². The summed E-state index contributed by atoms with van der Waals surface area (Å²) >= 11 is 0. The lowest BCUT2D eigenvalue weighted by Gasteiger charge is -2.30. The molecule has 4 nitrogen and oxygen atoms in total. The smallest absolute Gasteiger partial charge is 0.222 e. The largest absolute Gasteiger partial charge is 0.391 e. The lowest BCUT2D eigenvalue weighted by molar-refractivity contribution is -0.124. The molecule has 2 aliphatic carbocycles. The van der Waals surface area contributed by atoms with E-state index in [0.29, 0.717) is 6.42 Å². The fourth-order valence-corrected chi connectivity index (χ4v) is 3.11. The van der Waals surface area contributed by atoms with Gasteiger partial charge < -0.3 is 16.2 Å². The molecule has 0 aromatic carbocycles. The van der Waals surface area contributed by atoms with Crippen LogP contribution in [-0.4, -0.2) is 28.7 Å². The van der Waals surface area contributed by atoms with E-state index in [1.54, 1.807) is 0 Å². The van der Waals surface area contributed by atoms with Gasteiger partial charge in [-0.1, -0.05) is 25.7 Å². The molecule has 2 atom stereocenters. The van der Waals surface area contributed by atoms with Gasteiger partial charge in [0.15, 0.2) is 0 Å². The summed E-state index contributed by atoms with van der Waals surface area (Å²) in [5.41, 5.74) is 5.89. The first-order valence-corrected chi connectivity index (χ1v) is 6.85. The maximum absolute atomic E-state index is 11.9. The molecule has 0 saturated heterocycles. The van der Waals surface area contributed by atoms with Crippen LogP contribution in [0.25, 0.3) is 0 Å². The minimum atomic E-state index is -0.370. The van der Waals surface area contributed by atoms with Crippen molar-refractivity contribution in [1.82, 2.24) is 5.32 Å². The second-order valence-corrected chi connectivity index (χ2v) is 5.77. The summed E-state index contributed by atoms with van der Waals surface area (Å²) in [6.45, 7) is 0. The zero-order valence-electron chi connectivity index (χ0n) is 10.5. The summed E-state index contributed by atoms with van der Waals surface area (Å²) in [5.74, 6) is 0.0142. The second kappa shape index (κ2) is 5.36.